The largest absolute Gasteiger partial charge is 0.495 e. The Morgan fingerprint density at radius 2 is 1.68 bits per heavy atom. The Morgan fingerprint density at radius 3 is 2.16 bits per heavy atom. The number of carbonyl (C=O) groups is 2. The second-order valence-corrected chi connectivity index (χ2v) is 4.52. The minimum atomic E-state index is -0.866. The summed E-state index contributed by atoms with van der Waals surface area (Å²) in [6.45, 7) is 7.04. The van der Waals surface area contributed by atoms with E-state index in [9.17, 15) is 9.59 Å². The van der Waals surface area contributed by atoms with Gasteiger partial charge in [0.05, 0.1) is 18.7 Å². The average Bonchev–Trinajstić information content (AvgIpc) is 2.37. The van der Waals surface area contributed by atoms with Crippen LogP contribution < -0.4 is 4.74 Å². The Morgan fingerprint density at radius 1 is 1.11 bits per heavy atom. The molecule has 0 saturated heterocycles. The lowest BCUT2D eigenvalue weighted by Gasteiger charge is -2.17. The van der Waals surface area contributed by atoms with Gasteiger partial charge in [-0.3, -0.25) is 4.79 Å². The van der Waals surface area contributed by atoms with Gasteiger partial charge in [-0.25, -0.2) is 4.79 Å². The molecular weight excluding hydrogens is 268 g/mol. The van der Waals surface area contributed by atoms with Crippen LogP contribution in [0.25, 0.3) is 0 Å². The number of methoxy groups -OCH3 is 1. The molecule has 1 rings (SSSR count). The normalized spacial score (nSPS) is 10.2. The maximum Gasteiger partial charge on any atom is 0.379 e. The van der Waals surface area contributed by atoms with E-state index in [1.165, 1.54) is 7.11 Å². The molecule has 0 spiro atoms. The van der Waals surface area contributed by atoms with Gasteiger partial charge in [-0.05, 0) is 44.4 Å². The summed E-state index contributed by atoms with van der Waals surface area (Å²) in [5, 5.41) is 0.346. The van der Waals surface area contributed by atoms with Crippen molar-refractivity contribution in [2.45, 2.75) is 27.7 Å². The van der Waals surface area contributed by atoms with E-state index < -0.39 is 11.8 Å². The molecule has 0 radical (unpaired) electrons. The highest BCUT2D eigenvalue weighted by Crippen LogP contribution is 2.36. The molecule has 0 bridgehead atoms. The van der Waals surface area contributed by atoms with E-state index in [-0.39, 0.29) is 6.61 Å². The van der Waals surface area contributed by atoms with Gasteiger partial charge < -0.3 is 9.47 Å². The minimum absolute atomic E-state index is 0.158. The van der Waals surface area contributed by atoms with Crippen molar-refractivity contribution in [2.24, 2.45) is 0 Å². The summed E-state index contributed by atoms with van der Waals surface area (Å²) in [7, 11) is 1.51. The number of esters is 1. The van der Waals surface area contributed by atoms with Crippen LogP contribution in [0.4, 0.5) is 0 Å². The van der Waals surface area contributed by atoms with Gasteiger partial charge in [0.2, 0.25) is 0 Å². The number of ketones is 1. The van der Waals surface area contributed by atoms with Crippen molar-refractivity contribution in [1.82, 2.24) is 0 Å². The molecule has 0 aromatic heterocycles. The van der Waals surface area contributed by atoms with Crippen LogP contribution in [0.1, 0.15) is 34.0 Å². The van der Waals surface area contributed by atoms with Gasteiger partial charge >= 0.3 is 5.97 Å². The lowest BCUT2D eigenvalue weighted by Crippen LogP contribution is -2.20. The van der Waals surface area contributed by atoms with Gasteiger partial charge in [0.25, 0.3) is 5.78 Å². The van der Waals surface area contributed by atoms with Crippen molar-refractivity contribution in [3.63, 3.8) is 0 Å². The first kappa shape index (κ1) is 15.5. The van der Waals surface area contributed by atoms with Gasteiger partial charge in [0, 0.05) is 5.56 Å². The lowest BCUT2D eigenvalue weighted by atomic mass is 9.94. The Labute approximate surface area is 117 Å². The number of ether oxygens (including phenoxy) is 2. The lowest BCUT2D eigenvalue weighted by molar-refractivity contribution is -0.137. The van der Waals surface area contributed by atoms with Crippen LogP contribution in [0.3, 0.4) is 0 Å². The molecule has 5 heteroatoms. The maximum atomic E-state index is 12.1. The summed E-state index contributed by atoms with van der Waals surface area (Å²) in [6.07, 6.45) is 0. The molecule has 1 aromatic rings. The zero-order valence-electron chi connectivity index (χ0n) is 11.7. The molecule has 0 unspecified atom stereocenters. The number of hydrogen-bond donors (Lipinski definition) is 0. The smallest absolute Gasteiger partial charge is 0.379 e. The van der Waals surface area contributed by atoms with Crippen LogP contribution >= 0.6 is 11.6 Å². The molecule has 0 aliphatic carbocycles. The molecular formula is C14H17ClO4. The van der Waals surface area contributed by atoms with E-state index in [1.807, 2.05) is 0 Å². The summed E-state index contributed by atoms with van der Waals surface area (Å²) in [5.74, 6) is -1.02. The van der Waals surface area contributed by atoms with Gasteiger partial charge in [-0.15, -0.1) is 0 Å². The van der Waals surface area contributed by atoms with Gasteiger partial charge in [-0.1, -0.05) is 11.6 Å². The minimum Gasteiger partial charge on any atom is -0.495 e. The topological polar surface area (TPSA) is 52.6 Å². The first-order valence-corrected chi connectivity index (χ1v) is 6.29. The van der Waals surface area contributed by atoms with Gasteiger partial charge in [-0.2, -0.15) is 0 Å². The average molecular weight is 285 g/mol. The second-order valence-electron chi connectivity index (χ2n) is 4.15. The van der Waals surface area contributed by atoms with Gasteiger partial charge in [0.1, 0.15) is 5.75 Å². The standard InChI is InChI=1S/C14H17ClO4/c1-6-19-14(17)12(16)10-7(2)8(3)13(18-5)11(15)9(10)4/h6H2,1-5H3. The van der Waals surface area contributed by atoms with E-state index in [0.717, 1.165) is 5.56 Å². The molecule has 0 atom stereocenters. The predicted molar refractivity (Wildman–Crippen MR) is 73.2 cm³/mol. The molecule has 104 valence electrons. The number of hydrogen-bond acceptors (Lipinski definition) is 4. The Hall–Kier alpha value is -1.55. The summed E-state index contributed by atoms with van der Waals surface area (Å²) in [4.78, 5) is 23.7. The number of halogens is 1. The zero-order valence-corrected chi connectivity index (χ0v) is 12.5. The molecule has 0 heterocycles. The quantitative estimate of drug-likeness (QED) is 0.484. The predicted octanol–water partition coefficient (Wildman–Crippen LogP) is 3.02. The summed E-state index contributed by atoms with van der Waals surface area (Å²) in [5.41, 5.74) is 2.24. The monoisotopic (exact) mass is 284 g/mol. The summed E-state index contributed by atoms with van der Waals surface area (Å²) < 4.78 is 9.96. The third-order valence-electron chi connectivity index (χ3n) is 3.07. The highest BCUT2D eigenvalue weighted by molar-refractivity contribution is 6.42. The number of carbonyl (C=O) groups excluding carboxylic acids is 2. The van der Waals surface area contributed by atoms with Crippen molar-refractivity contribution >= 4 is 23.4 Å². The van der Waals surface area contributed by atoms with E-state index in [1.54, 1.807) is 27.7 Å². The SMILES string of the molecule is CCOC(=O)C(=O)c1c(C)c(C)c(OC)c(Cl)c1C. The van der Waals surface area contributed by atoms with E-state index >= 15 is 0 Å². The van der Waals surface area contributed by atoms with Crippen LogP contribution in [0.15, 0.2) is 0 Å². The van der Waals surface area contributed by atoms with Crippen LogP contribution in [0.2, 0.25) is 5.02 Å². The fourth-order valence-electron chi connectivity index (χ4n) is 1.97. The van der Waals surface area contributed by atoms with Crippen molar-refractivity contribution in [3.8, 4) is 5.75 Å². The van der Waals surface area contributed by atoms with Crippen molar-refractivity contribution in [3.05, 3.63) is 27.3 Å². The molecule has 1 aromatic carbocycles. The van der Waals surface area contributed by atoms with E-state index in [4.69, 9.17) is 21.1 Å². The highest BCUT2D eigenvalue weighted by atomic mass is 35.5. The fraction of sp³-hybridized carbons (Fsp3) is 0.429. The van der Waals surface area contributed by atoms with Crippen LogP contribution in [-0.2, 0) is 9.53 Å². The zero-order chi connectivity index (χ0) is 14.7. The Balaban J connectivity index is 3.45. The fourth-order valence-corrected chi connectivity index (χ4v) is 2.28. The summed E-state index contributed by atoms with van der Waals surface area (Å²) in [6, 6.07) is 0. The number of benzene rings is 1. The molecule has 0 aliphatic heterocycles. The van der Waals surface area contributed by atoms with Gasteiger partial charge in [0.15, 0.2) is 0 Å². The first-order valence-electron chi connectivity index (χ1n) is 5.91. The maximum absolute atomic E-state index is 12.1. The number of rotatable bonds is 4. The third-order valence-corrected chi connectivity index (χ3v) is 3.53. The van der Waals surface area contributed by atoms with Crippen molar-refractivity contribution in [2.75, 3.05) is 13.7 Å². The molecule has 4 nitrogen and oxygen atoms in total. The molecule has 0 amide bonds. The van der Waals surface area contributed by atoms with Crippen molar-refractivity contribution < 1.29 is 19.1 Å². The van der Waals surface area contributed by atoms with Crippen LogP contribution in [0, 0.1) is 20.8 Å². The molecule has 0 saturated carbocycles. The van der Waals surface area contributed by atoms with Crippen LogP contribution in [0.5, 0.6) is 5.75 Å². The molecule has 0 N–H and O–H groups in total. The molecule has 19 heavy (non-hydrogen) atoms. The first-order chi connectivity index (χ1) is 8.86. The van der Waals surface area contributed by atoms with Crippen molar-refractivity contribution in [1.29, 1.82) is 0 Å². The van der Waals surface area contributed by atoms with E-state index in [2.05, 4.69) is 0 Å². The molecule has 0 aliphatic rings. The van der Waals surface area contributed by atoms with E-state index in [0.29, 0.717) is 27.5 Å². The third kappa shape index (κ3) is 2.73. The second kappa shape index (κ2) is 6.06. The van der Waals surface area contributed by atoms with Crippen LogP contribution in [-0.4, -0.2) is 25.5 Å². The molecule has 0 fully saturated rings. The highest BCUT2D eigenvalue weighted by Gasteiger charge is 2.26. The Kier molecular flexibility index (Phi) is 4.95. The Bertz CT molecular complexity index is 506. The summed E-state index contributed by atoms with van der Waals surface area (Å²) >= 11 is 6.17. The number of Topliss-reactive ketones (excluding diaryl/α,β-unsaturated/α-hetero) is 1.